The molecular weight excluding hydrogens is 350 g/mol. The largest absolute Gasteiger partial charge is 0.383 e. The molecule has 2 aromatic rings. The Morgan fingerprint density at radius 3 is 2.71 bits per heavy atom. The van der Waals surface area contributed by atoms with Crippen LogP contribution in [-0.4, -0.2) is 35.6 Å². The minimum atomic E-state index is -0.202. The zero-order valence-electron chi connectivity index (χ0n) is 17.0. The molecule has 0 bridgehead atoms. The molecule has 0 spiro atoms. The van der Waals surface area contributed by atoms with Crippen LogP contribution in [-0.2, 0) is 22.5 Å². The van der Waals surface area contributed by atoms with Crippen LogP contribution < -0.4 is 0 Å². The number of methoxy groups -OCH3 is 1. The third-order valence-corrected chi connectivity index (χ3v) is 5.44. The summed E-state index contributed by atoms with van der Waals surface area (Å²) in [7, 11) is 1.69. The second-order valence-corrected chi connectivity index (χ2v) is 7.42. The van der Waals surface area contributed by atoms with Crippen molar-refractivity contribution in [2.75, 3.05) is 20.3 Å². The maximum atomic E-state index is 13.0. The molecular formula is C23H27N3O2. The zero-order valence-corrected chi connectivity index (χ0v) is 17.0. The van der Waals surface area contributed by atoms with Gasteiger partial charge in [0.2, 0.25) is 0 Å². The average molecular weight is 377 g/mol. The summed E-state index contributed by atoms with van der Waals surface area (Å²) < 4.78 is 7.46. The second-order valence-electron chi connectivity index (χ2n) is 7.42. The van der Waals surface area contributed by atoms with E-state index in [1.807, 2.05) is 32.0 Å². The Hall–Kier alpha value is -2.84. The van der Waals surface area contributed by atoms with Crippen LogP contribution in [0.1, 0.15) is 41.0 Å². The Bertz CT molecular complexity index is 949. The highest BCUT2D eigenvalue weighted by Gasteiger charge is 2.24. The van der Waals surface area contributed by atoms with E-state index < -0.39 is 0 Å². The first kappa shape index (κ1) is 19.9. The van der Waals surface area contributed by atoms with E-state index >= 15 is 0 Å². The van der Waals surface area contributed by atoms with E-state index in [9.17, 15) is 10.1 Å². The summed E-state index contributed by atoms with van der Waals surface area (Å²) in [6.45, 7) is 7.94. The Kier molecular flexibility index (Phi) is 6.01. The summed E-state index contributed by atoms with van der Waals surface area (Å²) in [5.41, 5.74) is 5.65. The number of nitrogens with zero attached hydrogens (tertiary/aromatic N) is 3. The summed E-state index contributed by atoms with van der Waals surface area (Å²) >= 11 is 0. The Labute approximate surface area is 166 Å². The molecule has 1 aromatic carbocycles. The molecule has 3 rings (SSSR count). The number of aryl methyl sites for hydroxylation is 1. The van der Waals surface area contributed by atoms with Gasteiger partial charge in [0.05, 0.1) is 12.6 Å². The SMILES string of the molecule is COCC(C)n1c(C)cc(/C=C(/C#N)C(=O)N2CCc3ccccc3C2)c1C. The Morgan fingerprint density at radius 1 is 1.32 bits per heavy atom. The predicted molar refractivity (Wildman–Crippen MR) is 110 cm³/mol. The molecule has 0 saturated carbocycles. The number of ether oxygens (including phenoxy) is 1. The highest BCUT2D eigenvalue weighted by Crippen LogP contribution is 2.24. The number of nitriles is 1. The van der Waals surface area contributed by atoms with Gasteiger partial charge < -0.3 is 14.2 Å². The molecule has 0 radical (unpaired) electrons. The van der Waals surface area contributed by atoms with Gasteiger partial charge in [0, 0.05) is 31.6 Å². The first-order valence-electron chi connectivity index (χ1n) is 9.61. The molecule has 1 unspecified atom stereocenters. The van der Waals surface area contributed by atoms with Crippen LogP contribution in [0, 0.1) is 25.2 Å². The summed E-state index contributed by atoms with van der Waals surface area (Å²) in [6.07, 6.45) is 2.55. The van der Waals surface area contributed by atoms with E-state index in [1.54, 1.807) is 18.1 Å². The fourth-order valence-electron chi connectivity index (χ4n) is 4.08. The van der Waals surface area contributed by atoms with Crippen LogP contribution >= 0.6 is 0 Å². The predicted octanol–water partition coefficient (Wildman–Crippen LogP) is 3.80. The molecule has 0 saturated heterocycles. The lowest BCUT2D eigenvalue weighted by Crippen LogP contribution is -2.36. The first-order chi connectivity index (χ1) is 13.5. The van der Waals surface area contributed by atoms with E-state index in [4.69, 9.17) is 4.74 Å². The van der Waals surface area contributed by atoms with Gasteiger partial charge in [-0.2, -0.15) is 5.26 Å². The number of aromatic nitrogens is 1. The summed E-state index contributed by atoms with van der Waals surface area (Å²) in [4.78, 5) is 14.8. The van der Waals surface area contributed by atoms with Crippen molar-refractivity contribution in [3.05, 3.63) is 64.0 Å². The van der Waals surface area contributed by atoms with Crippen molar-refractivity contribution in [3.63, 3.8) is 0 Å². The van der Waals surface area contributed by atoms with Crippen LogP contribution in [0.15, 0.2) is 35.9 Å². The maximum Gasteiger partial charge on any atom is 0.264 e. The smallest absolute Gasteiger partial charge is 0.264 e. The van der Waals surface area contributed by atoms with E-state index in [-0.39, 0.29) is 17.5 Å². The number of hydrogen-bond acceptors (Lipinski definition) is 3. The third kappa shape index (κ3) is 3.88. The minimum Gasteiger partial charge on any atom is -0.383 e. The quantitative estimate of drug-likeness (QED) is 0.588. The number of carbonyl (C=O) groups excluding carboxylic acids is 1. The molecule has 1 amide bonds. The number of fused-ring (bicyclic) bond motifs is 1. The van der Waals surface area contributed by atoms with Crippen LogP contribution in [0.3, 0.4) is 0 Å². The lowest BCUT2D eigenvalue weighted by atomic mass is 9.99. The molecule has 1 aliphatic heterocycles. The fourth-order valence-corrected chi connectivity index (χ4v) is 4.08. The van der Waals surface area contributed by atoms with Crippen molar-refractivity contribution in [2.24, 2.45) is 0 Å². The molecule has 146 valence electrons. The molecule has 2 heterocycles. The standard InChI is InChI=1S/C23H27N3O2/c1-16-11-21(18(3)26(16)17(2)15-28-4)12-22(13-24)23(27)25-10-9-19-7-5-6-8-20(19)14-25/h5-8,11-12,17H,9-10,14-15H2,1-4H3/b22-12-. The van der Waals surface area contributed by atoms with Crippen molar-refractivity contribution in [1.82, 2.24) is 9.47 Å². The molecule has 28 heavy (non-hydrogen) atoms. The van der Waals surface area contributed by atoms with Crippen molar-refractivity contribution in [3.8, 4) is 6.07 Å². The topological polar surface area (TPSA) is 58.3 Å². The Balaban J connectivity index is 1.86. The summed E-state index contributed by atoms with van der Waals surface area (Å²) in [5, 5.41) is 9.65. The molecule has 5 nitrogen and oxygen atoms in total. The molecule has 5 heteroatoms. The number of amides is 1. The normalized spacial score (nSPS) is 15.1. The van der Waals surface area contributed by atoms with Gasteiger partial charge in [-0.25, -0.2) is 0 Å². The highest BCUT2D eigenvalue weighted by molar-refractivity contribution is 6.02. The molecule has 1 aliphatic rings. The average Bonchev–Trinajstić information content (AvgIpc) is 2.98. The zero-order chi connectivity index (χ0) is 20.3. The second kappa shape index (κ2) is 8.45. The van der Waals surface area contributed by atoms with Crippen LogP contribution in [0.2, 0.25) is 0 Å². The molecule has 1 atom stereocenters. The summed E-state index contributed by atoms with van der Waals surface area (Å²) in [5.74, 6) is -0.202. The fraction of sp³-hybridized carbons (Fsp3) is 0.391. The van der Waals surface area contributed by atoms with Gasteiger partial charge >= 0.3 is 0 Å². The molecule has 1 aromatic heterocycles. The van der Waals surface area contributed by atoms with Gasteiger partial charge in [0.25, 0.3) is 5.91 Å². The van der Waals surface area contributed by atoms with Crippen molar-refractivity contribution in [1.29, 1.82) is 5.26 Å². The summed E-state index contributed by atoms with van der Waals surface area (Å²) in [6, 6.07) is 12.5. The van der Waals surface area contributed by atoms with Gasteiger partial charge in [0.15, 0.2) is 0 Å². The van der Waals surface area contributed by atoms with Gasteiger partial charge in [-0.1, -0.05) is 24.3 Å². The maximum absolute atomic E-state index is 13.0. The monoisotopic (exact) mass is 377 g/mol. The molecule has 0 aliphatic carbocycles. The third-order valence-electron chi connectivity index (χ3n) is 5.44. The van der Waals surface area contributed by atoms with Crippen LogP contribution in [0.4, 0.5) is 0 Å². The van der Waals surface area contributed by atoms with Gasteiger partial charge in [-0.3, -0.25) is 4.79 Å². The van der Waals surface area contributed by atoms with E-state index in [2.05, 4.69) is 29.7 Å². The number of rotatable bonds is 5. The lowest BCUT2D eigenvalue weighted by Gasteiger charge is -2.28. The van der Waals surface area contributed by atoms with Gasteiger partial charge in [0.1, 0.15) is 11.6 Å². The van der Waals surface area contributed by atoms with Crippen LogP contribution in [0.5, 0.6) is 0 Å². The Morgan fingerprint density at radius 2 is 2.04 bits per heavy atom. The lowest BCUT2D eigenvalue weighted by molar-refractivity contribution is -0.127. The molecule has 0 N–H and O–H groups in total. The van der Waals surface area contributed by atoms with Crippen molar-refractivity contribution >= 4 is 12.0 Å². The number of carbonyl (C=O) groups is 1. The van der Waals surface area contributed by atoms with E-state index in [0.29, 0.717) is 19.7 Å². The minimum absolute atomic E-state index is 0.180. The van der Waals surface area contributed by atoms with E-state index in [0.717, 1.165) is 28.9 Å². The number of hydrogen-bond donors (Lipinski definition) is 0. The highest BCUT2D eigenvalue weighted by atomic mass is 16.5. The molecule has 0 fully saturated rings. The van der Waals surface area contributed by atoms with Crippen LogP contribution in [0.25, 0.3) is 6.08 Å². The van der Waals surface area contributed by atoms with Crippen molar-refractivity contribution < 1.29 is 9.53 Å². The van der Waals surface area contributed by atoms with Crippen molar-refractivity contribution in [2.45, 2.75) is 39.8 Å². The number of benzene rings is 1. The first-order valence-corrected chi connectivity index (χ1v) is 9.61. The van der Waals surface area contributed by atoms with Gasteiger partial charge in [-0.15, -0.1) is 0 Å². The van der Waals surface area contributed by atoms with E-state index in [1.165, 1.54) is 5.56 Å². The van der Waals surface area contributed by atoms with Gasteiger partial charge in [-0.05, 0) is 56.0 Å².